The van der Waals surface area contributed by atoms with E-state index in [0.29, 0.717) is 13.2 Å². The smallest absolute Gasteiger partial charge is 0.342 e. The monoisotopic (exact) mass is 214 g/mol. The largest absolute Gasteiger partial charge is 0.384 e. The van der Waals surface area contributed by atoms with Gasteiger partial charge in [-0.2, -0.15) is 0 Å². The molecule has 1 aromatic rings. The zero-order valence-electron chi connectivity index (χ0n) is 8.66. The molecule has 0 spiro atoms. The Morgan fingerprint density at radius 1 is 1.53 bits per heavy atom. The topological polar surface area (TPSA) is 99.9 Å². The van der Waals surface area contributed by atoms with Crippen LogP contribution in [0.2, 0.25) is 0 Å². The first kappa shape index (κ1) is 11.4. The van der Waals surface area contributed by atoms with Crippen LogP contribution in [0.5, 0.6) is 0 Å². The Bertz CT molecular complexity index is 411. The van der Waals surface area contributed by atoms with E-state index in [2.05, 4.69) is 20.5 Å². The summed E-state index contributed by atoms with van der Waals surface area (Å²) in [6, 6.07) is 0. The van der Waals surface area contributed by atoms with Gasteiger partial charge in [-0.15, -0.1) is 5.10 Å². The number of hydrogen-bond donors (Lipinski definition) is 3. The van der Waals surface area contributed by atoms with E-state index in [1.54, 1.807) is 7.11 Å². The molecule has 0 bridgehead atoms. The number of nitrogens with zero attached hydrogens (tertiary/aromatic N) is 1. The van der Waals surface area contributed by atoms with Crippen molar-refractivity contribution in [2.75, 3.05) is 25.6 Å². The lowest BCUT2D eigenvalue weighted by molar-refractivity contribution is 0.164. The van der Waals surface area contributed by atoms with Crippen LogP contribution in [0.4, 0.5) is 5.82 Å². The fraction of sp³-hybridized carbons (Fsp3) is 0.625. The molecule has 1 rings (SSSR count). The molecule has 7 nitrogen and oxygen atoms in total. The van der Waals surface area contributed by atoms with Crippen molar-refractivity contribution in [2.45, 2.75) is 6.92 Å². The van der Waals surface area contributed by atoms with E-state index in [0.717, 1.165) is 0 Å². The second-order valence-electron chi connectivity index (χ2n) is 3.30. The van der Waals surface area contributed by atoms with Crippen molar-refractivity contribution in [1.29, 1.82) is 0 Å². The number of H-pyrrole nitrogens is 2. The second kappa shape index (κ2) is 5.30. The van der Waals surface area contributed by atoms with Crippen LogP contribution in [0, 0.1) is 5.92 Å². The van der Waals surface area contributed by atoms with Gasteiger partial charge in [0.2, 0.25) is 5.82 Å². The maximum Gasteiger partial charge on any atom is 0.342 e. The SMILES string of the molecule is COCC(C)CNc1n[nH]c(=O)[nH]c1=O. The molecule has 7 heteroatoms. The van der Waals surface area contributed by atoms with E-state index in [1.165, 1.54) is 0 Å². The van der Waals surface area contributed by atoms with Gasteiger partial charge in [0.1, 0.15) is 0 Å². The van der Waals surface area contributed by atoms with Crippen LogP contribution in [0.1, 0.15) is 6.92 Å². The Morgan fingerprint density at radius 3 is 2.87 bits per heavy atom. The first-order chi connectivity index (χ1) is 7.13. The fourth-order valence-electron chi connectivity index (χ4n) is 1.08. The van der Waals surface area contributed by atoms with Crippen molar-refractivity contribution in [3.8, 4) is 0 Å². The Balaban J connectivity index is 2.58. The lowest BCUT2D eigenvalue weighted by Gasteiger charge is -2.10. The molecule has 0 aromatic carbocycles. The number of aromatic nitrogens is 3. The normalized spacial score (nSPS) is 12.4. The zero-order valence-corrected chi connectivity index (χ0v) is 8.66. The minimum absolute atomic E-state index is 0.109. The molecule has 0 saturated heterocycles. The van der Waals surface area contributed by atoms with Gasteiger partial charge < -0.3 is 10.1 Å². The van der Waals surface area contributed by atoms with Crippen molar-refractivity contribution in [3.63, 3.8) is 0 Å². The Morgan fingerprint density at radius 2 is 2.27 bits per heavy atom. The third-order valence-electron chi connectivity index (χ3n) is 1.78. The number of rotatable bonds is 5. The summed E-state index contributed by atoms with van der Waals surface area (Å²) in [5, 5.41) is 8.54. The predicted octanol–water partition coefficient (Wildman–Crippen LogP) is -0.847. The second-order valence-corrected chi connectivity index (χ2v) is 3.30. The summed E-state index contributed by atoms with van der Waals surface area (Å²) in [6.07, 6.45) is 0. The molecule has 0 amide bonds. The molecule has 0 radical (unpaired) electrons. The molecule has 3 N–H and O–H groups in total. The standard InChI is InChI=1S/C8H14N4O3/c1-5(4-15-2)3-9-6-7(13)10-8(14)12-11-6/h5H,3-4H2,1-2H3,(H,9,11)(H2,10,12,13,14). The van der Waals surface area contributed by atoms with Gasteiger partial charge in [0.15, 0.2) is 0 Å². The molecular formula is C8H14N4O3. The van der Waals surface area contributed by atoms with Gasteiger partial charge in [0.25, 0.3) is 5.56 Å². The van der Waals surface area contributed by atoms with Crippen LogP contribution >= 0.6 is 0 Å². The van der Waals surface area contributed by atoms with Crippen LogP contribution < -0.4 is 16.6 Å². The third-order valence-corrected chi connectivity index (χ3v) is 1.78. The van der Waals surface area contributed by atoms with E-state index >= 15 is 0 Å². The lowest BCUT2D eigenvalue weighted by Crippen LogP contribution is -2.28. The highest BCUT2D eigenvalue weighted by Gasteiger charge is 2.04. The van der Waals surface area contributed by atoms with Gasteiger partial charge in [0.05, 0.1) is 6.61 Å². The summed E-state index contributed by atoms with van der Waals surface area (Å²) >= 11 is 0. The minimum Gasteiger partial charge on any atom is -0.384 e. The van der Waals surface area contributed by atoms with E-state index in [4.69, 9.17) is 4.74 Å². The lowest BCUT2D eigenvalue weighted by atomic mass is 10.2. The Kier molecular flexibility index (Phi) is 4.04. The average molecular weight is 214 g/mol. The van der Waals surface area contributed by atoms with Crippen molar-refractivity contribution in [3.05, 3.63) is 20.8 Å². The van der Waals surface area contributed by atoms with E-state index in [9.17, 15) is 9.59 Å². The molecule has 1 aromatic heterocycles. The molecule has 1 heterocycles. The van der Waals surface area contributed by atoms with Crippen molar-refractivity contribution >= 4 is 5.82 Å². The molecule has 15 heavy (non-hydrogen) atoms. The van der Waals surface area contributed by atoms with E-state index < -0.39 is 11.2 Å². The Labute approximate surface area is 85.9 Å². The van der Waals surface area contributed by atoms with Crippen LogP contribution in [-0.4, -0.2) is 35.4 Å². The molecule has 0 fully saturated rings. The van der Waals surface area contributed by atoms with Crippen molar-refractivity contribution < 1.29 is 4.74 Å². The molecular weight excluding hydrogens is 200 g/mol. The van der Waals surface area contributed by atoms with Gasteiger partial charge in [-0.1, -0.05) is 6.92 Å². The summed E-state index contributed by atoms with van der Waals surface area (Å²) < 4.78 is 4.94. The number of aromatic amines is 2. The molecule has 0 aliphatic carbocycles. The summed E-state index contributed by atoms with van der Waals surface area (Å²) in [4.78, 5) is 23.9. The maximum atomic E-state index is 11.2. The van der Waals surface area contributed by atoms with Crippen LogP contribution in [0.25, 0.3) is 0 Å². The summed E-state index contributed by atoms with van der Waals surface area (Å²) in [5.74, 6) is 0.362. The number of anilines is 1. The van der Waals surface area contributed by atoms with Gasteiger partial charge in [-0.05, 0) is 5.92 Å². The molecule has 0 aliphatic heterocycles. The summed E-state index contributed by atoms with van der Waals surface area (Å²) in [7, 11) is 1.61. The van der Waals surface area contributed by atoms with Crippen LogP contribution in [-0.2, 0) is 4.74 Å². The van der Waals surface area contributed by atoms with Crippen molar-refractivity contribution in [1.82, 2.24) is 15.2 Å². The Hall–Kier alpha value is -1.63. The minimum atomic E-state index is -0.615. The number of hydrogen-bond acceptors (Lipinski definition) is 5. The van der Waals surface area contributed by atoms with Crippen LogP contribution in [0.3, 0.4) is 0 Å². The molecule has 0 saturated carbocycles. The highest BCUT2D eigenvalue weighted by atomic mass is 16.5. The number of nitrogens with one attached hydrogen (secondary N) is 3. The maximum absolute atomic E-state index is 11.2. The zero-order chi connectivity index (χ0) is 11.3. The quantitative estimate of drug-likeness (QED) is 0.593. The number of methoxy groups -OCH3 is 1. The predicted molar refractivity (Wildman–Crippen MR) is 55.0 cm³/mol. The summed E-state index contributed by atoms with van der Waals surface area (Å²) in [6.45, 7) is 3.11. The van der Waals surface area contributed by atoms with Gasteiger partial charge >= 0.3 is 5.69 Å². The first-order valence-corrected chi connectivity index (χ1v) is 4.55. The first-order valence-electron chi connectivity index (χ1n) is 4.55. The molecule has 1 atom stereocenters. The fourth-order valence-corrected chi connectivity index (χ4v) is 1.08. The highest BCUT2D eigenvalue weighted by molar-refractivity contribution is 5.28. The van der Waals surface area contributed by atoms with E-state index in [-0.39, 0.29) is 11.7 Å². The molecule has 0 aliphatic rings. The number of ether oxygens (including phenoxy) is 1. The van der Waals surface area contributed by atoms with Gasteiger partial charge in [-0.25, -0.2) is 9.89 Å². The van der Waals surface area contributed by atoms with Crippen molar-refractivity contribution in [2.24, 2.45) is 5.92 Å². The summed E-state index contributed by atoms with van der Waals surface area (Å²) in [5.41, 5.74) is -1.14. The highest BCUT2D eigenvalue weighted by Crippen LogP contribution is 1.96. The third kappa shape index (κ3) is 3.55. The molecule has 1 unspecified atom stereocenters. The van der Waals surface area contributed by atoms with Gasteiger partial charge in [0, 0.05) is 13.7 Å². The van der Waals surface area contributed by atoms with Gasteiger partial charge in [-0.3, -0.25) is 9.78 Å². The molecule has 84 valence electrons. The average Bonchev–Trinajstić information content (AvgIpc) is 2.17. The van der Waals surface area contributed by atoms with Crippen LogP contribution in [0.15, 0.2) is 9.59 Å². The van der Waals surface area contributed by atoms with E-state index in [1.807, 2.05) is 6.92 Å².